The summed E-state index contributed by atoms with van der Waals surface area (Å²) in [4.78, 5) is 40.8. The van der Waals surface area contributed by atoms with Gasteiger partial charge in [0.05, 0.1) is 0 Å². The van der Waals surface area contributed by atoms with E-state index in [4.69, 9.17) is 0 Å². The number of aryl methyl sites for hydroxylation is 1. The number of nitrogens with one attached hydrogen (secondary N) is 2. The quantitative estimate of drug-likeness (QED) is 0.480. The number of nitrogens with zero attached hydrogens (tertiary/aromatic N) is 2. The summed E-state index contributed by atoms with van der Waals surface area (Å²) >= 11 is 0. The molecule has 0 saturated carbocycles. The summed E-state index contributed by atoms with van der Waals surface area (Å²) in [5.74, 6) is -0.763. The van der Waals surface area contributed by atoms with Crippen molar-refractivity contribution in [2.75, 3.05) is 26.7 Å². The number of imide groups is 1. The van der Waals surface area contributed by atoms with Crippen LogP contribution in [0.25, 0.3) is 0 Å². The molecule has 1 heterocycles. The fourth-order valence-electron chi connectivity index (χ4n) is 3.67. The van der Waals surface area contributed by atoms with Crippen LogP contribution in [-0.4, -0.2) is 54.3 Å². The van der Waals surface area contributed by atoms with E-state index in [1.807, 2.05) is 56.4 Å². The molecule has 0 aromatic heterocycles. The third-order valence-electron chi connectivity index (χ3n) is 5.54. The summed E-state index contributed by atoms with van der Waals surface area (Å²) in [5.41, 5.74) is 1.84. The second-order valence-electron chi connectivity index (χ2n) is 8.24. The van der Waals surface area contributed by atoms with Crippen LogP contribution >= 0.6 is 0 Å². The molecule has 164 valence electrons. The summed E-state index contributed by atoms with van der Waals surface area (Å²) < 4.78 is 0. The maximum atomic E-state index is 12.9. The summed E-state index contributed by atoms with van der Waals surface area (Å²) in [7, 11) is 2.04. The number of amides is 4. The molecule has 2 aromatic rings. The van der Waals surface area contributed by atoms with Crippen LogP contribution in [0.3, 0.4) is 0 Å². The Hall–Kier alpha value is -3.19. The van der Waals surface area contributed by atoms with E-state index in [0.717, 1.165) is 30.0 Å². The molecule has 0 bridgehead atoms. The molecule has 7 heteroatoms. The van der Waals surface area contributed by atoms with Gasteiger partial charge in [-0.1, -0.05) is 60.2 Å². The summed E-state index contributed by atoms with van der Waals surface area (Å²) in [6, 6.07) is 17.1. The van der Waals surface area contributed by atoms with Crippen molar-refractivity contribution in [3.8, 4) is 0 Å². The van der Waals surface area contributed by atoms with E-state index >= 15 is 0 Å². The first-order valence-electron chi connectivity index (χ1n) is 10.5. The van der Waals surface area contributed by atoms with Gasteiger partial charge in [0.15, 0.2) is 0 Å². The second kappa shape index (κ2) is 9.75. The van der Waals surface area contributed by atoms with Crippen molar-refractivity contribution in [3.63, 3.8) is 0 Å². The number of benzene rings is 2. The normalized spacial score (nSPS) is 18.4. The van der Waals surface area contributed by atoms with Crippen LogP contribution in [0.5, 0.6) is 0 Å². The van der Waals surface area contributed by atoms with Crippen LogP contribution in [0, 0.1) is 6.92 Å². The fourth-order valence-corrected chi connectivity index (χ4v) is 3.67. The molecule has 1 aliphatic rings. The van der Waals surface area contributed by atoms with Gasteiger partial charge in [-0.3, -0.25) is 14.5 Å². The average molecular weight is 423 g/mol. The number of rotatable bonds is 9. The minimum Gasteiger partial charge on any atom is -0.354 e. The Morgan fingerprint density at radius 1 is 1.10 bits per heavy atom. The predicted octanol–water partition coefficient (Wildman–Crippen LogP) is 2.40. The van der Waals surface area contributed by atoms with Crippen LogP contribution in [-0.2, 0) is 21.7 Å². The zero-order valence-corrected chi connectivity index (χ0v) is 18.4. The first-order chi connectivity index (χ1) is 14.8. The topological polar surface area (TPSA) is 81.8 Å². The molecule has 7 nitrogen and oxygen atoms in total. The van der Waals surface area contributed by atoms with E-state index in [2.05, 4.69) is 27.7 Å². The van der Waals surface area contributed by atoms with Crippen molar-refractivity contribution in [1.82, 2.24) is 20.4 Å². The lowest BCUT2D eigenvalue weighted by Crippen LogP contribution is -2.43. The molecule has 1 aliphatic heterocycles. The Kier molecular flexibility index (Phi) is 7.07. The minimum absolute atomic E-state index is 0.286. The van der Waals surface area contributed by atoms with Gasteiger partial charge in [-0.25, -0.2) is 4.79 Å². The number of carbonyl (C=O) groups excluding carboxylic acids is 3. The highest BCUT2D eigenvalue weighted by Gasteiger charge is 2.49. The molecule has 1 saturated heterocycles. The van der Waals surface area contributed by atoms with E-state index in [1.54, 1.807) is 6.92 Å². The Bertz CT molecular complexity index is 930. The molecule has 0 radical (unpaired) electrons. The van der Waals surface area contributed by atoms with Crippen molar-refractivity contribution >= 4 is 17.8 Å². The van der Waals surface area contributed by atoms with Gasteiger partial charge in [-0.2, -0.15) is 0 Å². The Labute approximate surface area is 183 Å². The highest BCUT2D eigenvalue weighted by Crippen LogP contribution is 2.28. The highest BCUT2D eigenvalue weighted by atomic mass is 16.2. The lowest BCUT2D eigenvalue weighted by Gasteiger charge is -2.22. The van der Waals surface area contributed by atoms with Gasteiger partial charge in [0, 0.05) is 13.1 Å². The zero-order valence-electron chi connectivity index (χ0n) is 18.4. The van der Waals surface area contributed by atoms with Crippen molar-refractivity contribution in [3.05, 3.63) is 71.3 Å². The molecule has 1 fully saturated rings. The first kappa shape index (κ1) is 22.5. The minimum atomic E-state index is -1.16. The van der Waals surface area contributed by atoms with Crippen LogP contribution in [0.1, 0.15) is 30.0 Å². The van der Waals surface area contributed by atoms with Crippen molar-refractivity contribution in [1.29, 1.82) is 0 Å². The maximum Gasteiger partial charge on any atom is 0.325 e. The monoisotopic (exact) mass is 422 g/mol. The van der Waals surface area contributed by atoms with Crippen molar-refractivity contribution in [2.45, 2.75) is 32.4 Å². The smallest absolute Gasteiger partial charge is 0.325 e. The van der Waals surface area contributed by atoms with Crippen molar-refractivity contribution in [2.24, 2.45) is 0 Å². The molecule has 4 amide bonds. The van der Waals surface area contributed by atoms with Crippen LogP contribution in [0.2, 0.25) is 0 Å². The van der Waals surface area contributed by atoms with Gasteiger partial charge in [0.25, 0.3) is 5.91 Å². The number of hydrogen-bond donors (Lipinski definition) is 2. The van der Waals surface area contributed by atoms with Crippen molar-refractivity contribution < 1.29 is 14.4 Å². The lowest BCUT2D eigenvalue weighted by molar-refractivity contribution is -0.134. The van der Waals surface area contributed by atoms with E-state index < -0.39 is 17.5 Å². The van der Waals surface area contributed by atoms with E-state index in [1.165, 1.54) is 5.56 Å². The molecule has 2 aromatic carbocycles. The Morgan fingerprint density at radius 3 is 2.45 bits per heavy atom. The van der Waals surface area contributed by atoms with E-state index in [9.17, 15) is 14.4 Å². The lowest BCUT2D eigenvalue weighted by atomic mass is 9.91. The number of carbonyl (C=O) groups is 3. The van der Waals surface area contributed by atoms with Gasteiger partial charge in [0.1, 0.15) is 12.1 Å². The summed E-state index contributed by atoms with van der Waals surface area (Å²) in [5, 5.41) is 5.53. The number of hydrogen-bond acceptors (Lipinski definition) is 4. The predicted molar refractivity (Wildman–Crippen MR) is 119 cm³/mol. The van der Waals surface area contributed by atoms with E-state index in [-0.39, 0.29) is 12.5 Å². The van der Waals surface area contributed by atoms with Crippen LogP contribution in [0.15, 0.2) is 54.6 Å². The Morgan fingerprint density at radius 2 is 1.77 bits per heavy atom. The van der Waals surface area contributed by atoms with Gasteiger partial charge in [-0.15, -0.1) is 0 Å². The first-order valence-corrected chi connectivity index (χ1v) is 10.5. The standard InChI is InChI=1S/C24H30N4O3/c1-18-10-12-20(13-11-18)24(2)22(30)28(23(31)26-24)17-21(29)25-14-7-15-27(3)16-19-8-5-4-6-9-19/h4-6,8-13H,7,14-17H2,1-3H3,(H,25,29)(H,26,31). The largest absolute Gasteiger partial charge is 0.354 e. The number of urea groups is 1. The maximum absolute atomic E-state index is 12.9. The fraction of sp³-hybridized carbons (Fsp3) is 0.375. The average Bonchev–Trinajstić information content (AvgIpc) is 2.96. The molecule has 0 aliphatic carbocycles. The second-order valence-corrected chi connectivity index (χ2v) is 8.24. The molecule has 3 rings (SSSR count). The zero-order chi connectivity index (χ0) is 22.4. The summed E-state index contributed by atoms with van der Waals surface area (Å²) in [6.07, 6.45) is 0.774. The molecular formula is C24H30N4O3. The third-order valence-corrected chi connectivity index (χ3v) is 5.54. The van der Waals surface area contributed by atoms with Crippen LogP contribution < -0.4 is 10.6 Å². The third kappa shape index (κ3) is 5.49. The molecular weight excluding hydrogens is 392 g/mol. The van der Waals surface area contributed by atoms with Gasteiger partial charge in [-0.05, 0) is 45.0 Å². The SMILES string of the molecule is Cc1ccc(C2(C)NC(=O)N(CC(=O)NCCCN(C)Cc3ccccc3)C2=O)cc1. The molecule has 1 unspecified atom stereocenters. The molecule has 1 atom stereocenters. The Balaban J connectivity index is 1.45. The van der Waals surface area contributed by atoms with E-state index in [0.29, 0.717) is 12.1 Å². The van der Waals surface area contributed by atoms with Gasteiger partial charge in [0.2, 0.25) is 5.91 Å². The van der Waals surface area contributed by atoms with Crippen LogP contribution in [0.4, 0.5) is 4.79 Å². The molecule has 0 spiro atoms. The molecule has 31 heavy (non-hydrogen) atoms. The summed E-state index contributed by atoms with van der Waals surface area (Å²) in [6.45, 7) is 5.48. The molecule has 2 N–H and O–H groups in total. The van der Waals surface area contributed by atoms with Gasteiger partial charge < -0.3 is 15.5 Å². The van der Waals surface area contributed by atoms with Gasteiger partial charge >= 0.3 is 6.03 Å². The highest BCUT2D eigenvalue weighted by molar-refractivity contribution is 6.09.